The predicted molar refractivity (Wildman–Crippen MR) is 138 cm³/mol. The molecule has 3 N–H and O–H groups in total. The van der Waals surface area contributed by atoms with Gasteiger partial charge in [0.25, 0.3) is 11.5 Å². The van der Waals surface area contributed by atoms with Gasteiger partial charge in [-0.3, -0.25) is 9.59 Å². The Hall–Kier alpha value is -3.20. The minimum absolute atomic E-state index is 0.199. The number of nitrogens with zero attached hydrogens (tertiary/aromatic N) is 2. The molecule has 7 nitrogen and oxygen atoms in total. The van der Waals surface area contributed by atoms with Crippen LogP contribution < -0.4 is 10.9 Å². The monoisotopic (exact) mass is 530 g/mol. The van der Waals surface area contributed by atoms with Crippen LogP contribution in [0.4, 0.5) is 4.39 Å². The molecule has 0 unspecified atom stereocenters. The summed E-state index contributed by atoms with van der Waals surface area (Å²) in [4.78, 5) is 29.4. The molecule has 2 aromatic carbocycles. The highest BCUT2D eigenvalue weighted by Gasteiger charge is 2.32. The van der Waals surface area contributed by atoms with E-state index >= 15 is 0 Å². The van der Waals surface area contributed by atoms with E-state index in [0.717, 1.165) is 0 Å². The van der Waals surface area contributed by atoms with Crippen molar-refractivity contribution in [2.75, 3.05) is 0 Å². The van der Waals surface area contributed by atoms with Crippen LogP contribution in [0.15, 0.2) is 53.5 Å². The quantitative estimate of drug-likeness (QED) is 0.306. The number of hydrogen-bond donors (Lipinski definition) is 3. The Bertz CT molecular complexity index is 1500. The molecule has 0 aliphatic carbocycles. The number of carbonyl (C=O) groups is 1. The van der Waals surface area contributed by atoms with Gasteiger partial charge in [0.1, 0.15) is 11.3 Å². The van der Waals surface area contributed by atoms with E-state index in [1.165, 1.54) is 35.0 Å². The lowest BCUT2D eigenvalue weighted by Crippen LogP contribution is -2.42. The maximum Gasteiger partial charge on any atom is 0.275 e. The minimum Gasteiger partial charge on any atom is -0.388 e. The number of aliphatic hydroxyl groups is 1. The molecular weight excluding hydrogens is 506 g/mol. The first-order valence-corrected chi connectivity index (χ1v) is 12.0. The van der Waals surface area contributed by atoms with Crippen LogP contribution in [0.1, 0.15) is 61.1 Å². The molecule has 36 heavy (non-hydrogen) atoms. The molecule has 0 saturated carbocycles. The highest BCUT2D eigenvalue weighted by Crippen LogP contribution is 2.31. The average Bonchev–Trinajstić information content (AvgIpc) is 3.18. The van der Waals surface area contributed by atoms with Crippen LogP contribution >= 0.6 is 23.2 Å². The molecule has 10 heteroatoms. The van der Waals surface area contributed by atoms with E-state index in [2.05, 4.69) is 15.4 Å². The van der Waals surface area contributed by atoms with E-state index in [0.29, 0.717) is 26.7 Å². The summed E-state index contributed by atoms with van der Waals surface area (Å²) in [5.74, 6) is -0.921. The zero-order valence-electron chi connectivity index (χ0n) is 20.1. The summed E-state index contributed by atoms with van der Waals surface area (Å²) in [6.07, 6.45) is 1.48. The Morgan fingerprint density at radius 3 is 2.42 bits per heavy atom. The van der Waals surface area contributed by atoms with E-state index < -0.39 is 28.9 Å². The van der Waals surface area contributed by atoms with Gasteiger partial charge in [0.15, 0.2) is 5.82 Å². The maximum absolute atomic E-state index is 13.5. The molecule has 0 bridgehead atoms. The molecule has 4 aromatic rings. The number of H-pyrrole nitrogens is 1. The van der Waals surface area contributed by atoms with Crippen molar-refractivity contribution >= 4 is 34.6 Å². The molecule has 4 rings (SSSR count). The van der Waals surface area contributed by atoms with E-state index in [-0.39, 0.29) is 22.8 Å². The standard InChI is InChI=1S/C26H25Cl2FN4O3/c1-13(2)20-18(24(34)30-22(26(3,4)36)14-5-8-16(29)9-6-14)12-33-21(20)25(35)31-23(32-33)17-10-7-15(27)11-19(17)28/h5-13,22,36H,1-4H3,(H,30,34)(H,31,32,35)/t22-/m0/s1. The summed E-state index contributed by atoms with van der Waals surface area (Å²) < 4.78 is 14.8. The largest absolute Gasteiger partial charge is 0.388 e. The highest BCUT2D eigenvalue weighted by atomic mass is 35.5. The molecular formula is C26H25Cl2FN4O3. The van der Waals surface area contributed by atoms with E-state index in [1.807, 2.05) is 13.8 Å². The molecule has 188 valence electrons. The maximum atomic E-state index is 13.5. The topological polar surface area (TPSA) is 99.5 Å². The van der Waals surface area contributed by atoms with Crippen molar-refractivity contribution in [2.24, 2.45) is 0 Å². The molecule has 0 spiro atoms. The van der Waals surface area contributed by atoms with Crippen LogP contribution in [0.5, 0.6) is 0 Å². The third-order valence-electron chi connectivity index (χ3n) is 5.87. The van der Waals surface area contributed by atoms with Crippen molar-refractivity contribution in [1.29, 1.82) is 0 Å². The molecule has 0 aliphatic rings. The van der Waals surface area contributed by atoms with Crippen molar-refractivity contribution in [3.05, 3.63) is 91.6 Å². The third-order valence-corrected chi connectivity index (χ3v) is 6.42. The minimum atomic E-state index is -1.36. The number of aromatic nitrogens is 3. The summed E-state index contributed by atoms with van der Waals surface area (Å²) >= 11 is 12.3. The number of halogens is 3. The van der Waals surface area contributed by atoms with Crippen LogP contribution in [0, 0.1) is 5.82 Å². The SMILES string of the molecule is CC(C)c1c(C(=O)N[C@@H](c2ccc(F)cc2)C(C)(C)O)cn2nc(-c3ccc(Cl)cc3Cl)[nH]c(=O)c12. The average molecular weight is 531 g/mol. The first kappa shape index (κ1) is 25.9. The lowest BCUT2D eigenvalue weighted by Gasteiger charge is -2.30. The Morgan fingerprint density at radius 1 is 1.17 bits per heavy atom. The van der Waals surface area contributed by atoms with Gasteiger partial charge in [0.2, 0.25) is 0 Å². The van der Waals surface area contributed by atoms with Gasteiger partial charge < -0.3 is 15.4 Å². The molecule has 1 atom stereocenters. The molecule has 1 amide bonds. The van der Waals surface area contributed by atoms with Crippen molar-refractivity contribution in [1.82, 2.24) is 19.9 Å². The second kappa shape index (κ2) is 9.69. The third kappa shape index (κ3) is 5.02. The molecule has 0 fully saturated rings. The normalized spacial score (nSPS) is 12.8. The second-order valence-electron chi connectivity index (χ2n) is 9.44. The number of fused-ring (bicyclic) bond motifs is 1. The van der Waals surface area contributed by atoms with Gasteiger partial charge in [-0.15, -0.1) is 5.10 Å². The molecule has 2 heterocycles. The molecule has 0 radical (unpaired) electrons. The molecule has 0 saturated heterocycles. The van der Waals surface area contributed by atoms with Gasteiger partial charge in [0.05, 0.1) is 22.2 Å². The Morgan fingerprint density at radius 2 is 1.83 bits per heavy atom. The predicted octanol–water partition coefficient (Wildman–Crippen LogP) is 5.50. The lowest BCUT2D eigenvalue weighted by molar-refractivity contribution is 0.0343. The first-order valence-electron chi connectivity index (χ1n) is 11.3. The second-order valence-corrected chi connectivity index (χ2v) is 10.3. The summed E-state index contributed by atoms with van der Waals surface area (Å²) in [7, 11) is 0. The Balaban J connectivity index is 1.81. The van der Waals surface area contributed by atoms with Gasteiger partial charge >= 0.3 is 0 Å². The summed E-state index contributed by atoms with van der Waals surface area (Å²) in [5.41, 5.74) is 0.171. The fourth-order valence-electron chi connectivity index (χ4n) is 4.21. The van der Waals surface area contributed by atoms with Crippen molar-refractivity contribution in [3.63, 3.8) is 0 Å². The van der Waals surface area contributed by atoms with Crippen LogP contribution in [0.3, 0.4) is 0 Å². The van der Waals surface area contributed by atoms with E-state index in [9.17, 15) is 19.1 Å². The number of nitrogens with one attached hydrogen (secondary N) is 2. The first-order chi connectivity index (χ1) is 16.9. The number of amides is 1. The van der Waals surface area contributed by atoms with Gasteiger partial charge in [-0.1, -0.05) is 49.2 Å². The summed E-state index contributed by atoms with van der Waals surface area (Å²) in [6, 6.07) is 9.52. The van der Waals surface area contributed by atoms with Crippen molar-refractivity contribution < 1.29 is 14.3 Å². The fraction of sp³-hybridized carbons (Fsp3) is 0.269. The van der Waals surface area contributed by atoms with Gasteiger partial charge in [-0.05, 0) is 55.7 Å². The Labute approximate surface area is 216 Å². The highest BCUT2D eigenvalue weighted by molar-refractivity contribution is 6.36. The number of aromatic amines is 1. The molecule has 2 aromatic heterocycles. The van der Waals surface area contributed by atoms with E-state index in [4.69, 9.17) is 23.2 Å². The van der Waals surface area contributed by atoms with Crippen LogP contribution in [0.25, 0.3) is 16.9 Å². The smallest absolute Gasteiger partial charge is 0.275 e. The fourth-order valence-corrected chi connectivity index (χ4v) is 4.71. The van der Waals surface area contributed by atoms with E-state index in [1.54, 1.807) is 32.0 Å². The van der Waals surface area contributed by atoms with Crippen LogP contribution in [-0.2, 0) is 0 Å². The zero-order valence-corrected chi connectivity index (χ0v) is 21.6. The van der Waals surface area contributed by atoms with Gasteiger partial charge in [-0.25, -0.2) is 8.91 Å². The zero-order chi connectivity index (χ0) is 26.4. The molecule has 0 aliphatic heterocycles. The summed E-state index contributed by atoms with van der Waals surface area (Å²) in [6.45, 7) is 6.83. The number of benzene rings is 2. The number of carbonyl (C=O) groups excluding carboxylic acids is 1. The lowest BCUT2D eigenvalue weighted by atomic mass is 9.91. The number of rotatable bonds is 6. The van der Waals surface area contributed by atoms with Crippen LogP contribution in [0.2, 0.25) is 10.0 Å². The van der Waals surface area contributed by atoms with Crippen molar-refractivity contribution in [2.45, 2.75) is 45.3 Å². The van der Waals surface area contributed by atoms with Gasteiger partial charge in [0, 0.05) is 22.3 Å². The van der Waals surface area contributed by atoms with Crippen molar-refractivity contribution in [3.8, 4) is 11.4 Å². The Kier molecular flexibility index (Phi) is 6.96. The van der Waals surface area contributed by atoms with Crippen LogP contribution in [-0.4, -0.2) is 31.2 Å². The number of hydrogen-bond acceptors (Lipinski definition) is 4. The van der Waals surface area contributed by atoms with Gasteiger partial charge in [-0.2, -0.15) is 0 Å². The summed E-state index contributed by atoms with van der Waals surface area (Å²) in [5, 5.41) is 18.9.